The summed E-state index contributed by atoms with van der Waals surface area (Å²) in [5, 5.41) is -0.173. The first-order chi connectivity index (χ1) is 6.04. The summed E-state index contributed by atoms with van der Waals surface area (Å²) < 4.78 is 22.6. The molecule has 0 aliphatic carbocycles. The van der Waals surface area contributed by atoms with Gasteiger partial charge in [-0.15, -0.1) is 0 Å². The fourth-order valence-electron chi connectivity index (χ4n) is 1.75. The molecule has 0 aromatic rings. The molecule has 1 heterocycles. The summed E-state index contributed by atoms with van der Waals surface area (Å²) in [5.74, 6) is 0. The highest BCUT2D eigenvalue weighted by molar-refractivity contribution is 7.91. The standard InChI is InChI=1S/C8H18N2O2S/c1-13(11,12)8-3-2-5-10(7-8)6-4-9/h8H,2-7,9H2,1H3. The van der Waals surface area contributed by atoms with Crippen molar-refractivity contribution in [2.24, 2.45) is 5.73 Å². The van der Waals surface area contributed by atoms with Gasteiger partial charge < -0.3 is 10.6 Å². The number of hydrogen-bond donors (Lipinski definition) is 1. The number of nitrogens with two attached hydrogens (primary N) is 1. The van der Waals surface area contributed by atoms with Gasteiger partial charge in [0.15, 0.2) is 9.84 Å². The summed E-state index contributed by atoms with van der Waals surface area (Å²) in [6.07, 6.45) is 3.10. The summed E-state index contributed by atoms with van der Waals surface area (Å²) >= 11 is 0. The van der Waals surface area contributed by atoms with Crippen molar-refractivity contribution in [3.05, 3.63) is 0 Å². The topological polar surface area (TPSA) is 63.4 Å². The minimum absolute atomic E-state index is 0.173. The molecule has 0 aromatic heterocycles. The van der Waals surface area contributed by atoms with E-state index in [-0.39, 0.29) is 5.25 Å². The Labute approximate surface area is 80.0 Å². The van der Waals surface area contributed by atoms with Gasteiger partial charge in [0.1, 0.15) is 0 Å². The predicted molar refractivity (Wildman–Crippen MR) is 53.4 cm³/mol. The third kappa shape index (κ3) is 3.25. The molecular weight excluding hydrogens is 188 g/mol. The third-order valence-corrected chi connectivity index (χ3v) is 4.11. The van der Waals surface area contributed by atoms with Crippen LogP contribution < -0.4 is 5.73 Å². The lowest BCUT2D eigenvalue weighted by atomic mass is 10.1. The Kier molecular flexibility index (Phi) is 3.70. The normalized spacial score (nSPS) is 26.2. The van der Waals surface area contributed by atoms with Gasteiger partial charge in [-0.05, 0) is 19.4 Å². The Bertz CT molecular complexity index is 249. The fourth-order valence-corrected chi connectivity index (χ4v) is 2.82. The third-order valence-electron chi connectivity index (χ3n) is 2.51. The molecule has 0 spiro atoms. The van der Waals surface area contributed by atoms with Gasteiger partial charge in [-0.25, -0.2) is 8.42 Å². The van der Waals surface area contributed by atoms with Gasteiger partial charge >= 0.3 is 0 Å². The van der Waals surface area contributed by atoms with E-state index in [0.717, 1.165) is 25.9 Å². The number of piperidine rings is 1. The molecule has 0 radical (unpaired) electrons. The van der Waals surface area contributed by atoms with Crippen LogP contribution in [0.4, 0.5) is 0 Å². The lowest BCUT2D eigenvalue weighted by Crippen LogP contribution is -2.43. The zero-order valence-corrected chi connectivity index (χ0v) is 8.89. The Morgan fingerprint density at radius 1 is 1.54 bits per heavy atom. The Balaban J connectivity index is 2.52. The highest BCUT2D eigenvalue weighted by Gasteiger charge is 2.26. The van der Waals surface area contributed by atoms with Crippen molar-refractivity contribution in [2.75, 3.05) is 32.4 Å². The molecular formula is C8H18N2O2S. The highest BCUT2D eigenvalue weighted by Crippen LogP contribution is 2.15. The molecule has 78 valence electrons. The van der Waals surface area contributed by atoms with E-state index in [2.05, 4.69) is 4.90 Å². The van der Waals surface area contributed by atoms with Crippen LogP contribution in [0.25, 0.3) is 0 Å². The van der Waals surface area contributed by atoms with Crippen molar-refractivity contribution < 1.29 is 8.42 Å². The van der Waals surface area contributed by atoms with E-state index in [1.54, 1.807) is 0 Å². The van der Waals surface area contributed by atoms with Crippen molar-refractivity contribution in [1.29, 1.82) is 0 Å². The SMILES string of the molecule is CS(=O)(=O)C1CCCN(CCN)C1. The second kappa shape index (κ2) is 4.39. The lowest BCUT2D eigenvalue weighted by molar-refractivity contribution is 0.236. The number of sulfone groups is 1. The number of rotatable bonds is 3. The van der Waals surface area contributed by atoms with Crippen LogP contribution in [0.15, 0.2) is 0 Å². The van der Waals surface area contributed by atoms with E-state index in [4.69, 9.17) is 5.73 Å². The van der Waals surface area contributed by atoms with Crippen LogP contribution in [0.3, 0.4) is 0 Å². The van der Waals surface area contributed by atoms with Gasteiger partial charge in [0.25, 0.3) is 0 Å². The average Bonchev–Trinajstić information content (AvgIpc) is 2.04. The van der Waals surface area contributed by atoms with Crippen LogP contribution in [0.2, 0.25) is 0 Å². The molecule has 5 heteroatoms. The monoisotopic (exact) mass is 206 g/mol. The van der Waals surface area contributed by atoms with E-state index >= 15 is 0 Å². The summed E-state index contributed by atoms with van der Waals surface area (Å²) in [6, 6.07) is 0. The van der Waals surface area contributed by atoms with Gasteiger partial charge in [-0.1, -0.05) is 0 Å². The van der Waals surface area contributed by atoms with Crippen LogP contribution in [-0.2, 0) is 9.84 Å². The molecule has 1 fully saturated rings. The Morgan fingerprint density at radius 2 is 2.23 bits per heavy atom. The molecule has 0 bridgehead atoms. The highest BCUT2D eigenvalue weighted by atomic mass is 32.2. The molecule has 2 N–H and O–H groups in total. The second-order valence-corrected chi connectivity index (χ2v) is 6.01. The average molecular weight is 206 g/mol. The molecule has 1 atom stereocenters. The molecule has 0 aromatic carbocycles. The van der Waals surface area contributed by atoms with E-state index in [9.17, 15) is 8.42 Å². The second-order valence-electron chi connectivity index (χ2n) is 3.68. The minimum atomic E-state index is -2.86. The summed E-state index contributed by atoms with van der Waals surface area (Å²) in [6.45, 7) is 3.07. The molecule has 4 nitrogen and oxygen atoms in total. The summed E-state index contributed by atoms with van der Waals surface area (Å²) in [7, 11) is -2.86. The van der Waals surface area contributed by atoms with Crippen LogP contribution >= 0.6 is 0 Å². The van der Waals surface area contributed by atoms with Crippen LogP contribution in [-0.4, -0.2) is 51.0 Å². The van der Waals surface area contributed by atoms with Gasteiger partial charge in [0.2, 0.25) is 0 Å². The molecule has 1 saturated heterocycles. The zero-order chi connectivity index (χ0) is 9.90. The zero-order valence-electron chi connectivity index (χ0n) is 8.07. The van der Waals surface area contributed by atoms with Crippen LogP contribution in [0, 0.1) is 0 Å². The number of hydrogen-bond acceptors (Lipinski definition) is 4. The maximum Gasteiger partial charge on any atom is 0.151 e. The maximum absolute atomic E-state index is 11.3. The number of nitrogens with zero attached hydrogens (tertiary/aromatic N) is 1. The first-order valence-electron chi connectivity index (χ1n) is 4.65. The fraction of sp³-hybridized carbons (Fsp3) is 1.00. The van der Waals surface area contributed by atoms with Gasteiger partial charge in [-0.3, -0.25) is 0 Å². The number of likely N-dealkylation sites (tertiary alicyclic amines) is 1. The first-order valence-corrected chi connectivity index (χ1v) is 6.61. The Hall–Kier alpha value is -0.130. The summed E-state index contributed by atoms with van der Waals surface area (Å²) in [5.41, 5.74) is 5.42. The molecule has 1 rings (SSSR count). The van der Waals surface area contributed by atoms with Crippen molar-refractivity contribution in [2.45, 2.75) is 18.1 Å². The van der Waals surface area contributed by atoms with E-state index in [0.29, 0.717) is 13.1 Å². The predicted octanol–water partition coefficient (Wildman–Crippen LogP) is -0.546. The molecule has 0 amide bonds. The molecule has 1 aliphatic rings. The maximum atomic E-state index is 11.3. The smallest absolute Gasteiger partial charge is 0.151 e. The van der Waals surface area contributed by atoms with E-state index in [1.807, 2.05) is 0 Å². The van der Waals surface area contributed by atoms with E-state index < -0.39 is 9.84 Å². The van der Waals surface area contributed by atoms with Crippen molar-refractivity contribution in [3.8, 4) is 0 Å². The minimum Gasteiger partial charge on any atom is -0.329 e. The van der Waals surface area contributed by atoms with Crippen molar-refractivity contribution in [3.63, 3.8) is 0 Å². The van der Waals surface area contributed by atoms with Crippen molar-refractivity contribution in [1.82, 2.24) is 4.90 Å². The lowest BCUT2D eigenvalue weighted by Gasteiger charge is -2.31. The van der Waals surface area contributed by atoms with Crippen LogP contribution in [0.1, 0.15) is 12.8 Å². The molecule has 0 saturated carbocycles. The van der Waals surface area contributed by atoms with Gasteiger partial charge in [0.05, 0.1) is 5.25 Å². The largest absolute Gasteiger partial charge is 0.329 e. The van der Waals surface area contributed by atoms with Gasteiger partial charge in [-0.2, -0.15) is 0 Å². The van der Waals surface area contributed by atoms with Crippen molar-refractivity contribution >= 4 is 9.84 Å². The van der Waals surface area contributed by atoms with E-state index in [1.165, 1.54) is 6.26 Å². The van der Waals surface area contributed by atoms with Gasteiger partial charge in [0, 0.05) is 25.9 Å². The Morgan fingerprint density at radius 3 is 2.77 bits per heavy atom. The molecule has 13 heavy (non-hydrogen) atoms. The quantitative estimate of drug-likeness (QED) is 0.673. The summed E-state index contributed by atoms with van der Waals surface area (Å²) in [4.78, 5) is 2.13. The first kappa shape index (κ1) is 10.9. The van der Waals surface area contributed by atoms with Crippen LogP contribution in [0.5, 0.6) is 0 Å². The molecule has 1 unspecified atom stereocenters. The molecule has 1 aliphatic heterocycles.